The quantitative estimate of drug-likeness (QED) is 0.0863. The normalized spacial score (nSPS) is 21.7. The van der Waals surface area contributed by atoms with Crippen molar-refractivity contribution in [2.45, 2.75) is 111 Å². The molecule has 2 aliphatic heterocycles. The number of rotatable bonds is 16. The van der Waals surface area contributed by atoms with Crippen LogP contribution in [0.3, 0.4) is 0 Å². The summed E-state index contributed by atoms with van der Waals surface area (Å²) in [6.45, 7) is 20.4. The number of aromatic nitrogens is 2. The molecule has 0 bridgehead atoms. The van der Waals surface area contributed by atoms with Gasteiger partial charge in [0.15, 0.2) is 11.6 Å². The Morgan fingerprint density at radius 1 is 0.986 bits per heavy atom. The molecule has 3 aliphatic rings. The van der Waals surface area contributed by atoms with Crippen LogP contribution in [0.2, 0.25) is 5.02 Å². The molecule has 2 aromatic heterocycles. The van der Waals surface area contributed by atoms with Crippen LogP contribution in [0.5, 0.6) is 5.75 Å². The molecule has 0 radical (unpaired) electrons. The number of anilines is 1. The van der Waals surface area contributed by atoms with E-state index in [4.69, 9.17) is 20.9 Å². The molecule has 4 atom stereocenters. The number of hydrogen-bond acceptors (Lipinski definition) is 12. The molecule has 8 rings (SSSR count). The van der Waals surface area contributed by atoms with Crippen LogP contribution < -0.4 is 20.3 Å². The van der Waals surface area contributed by atoms with Gasteiger partial charge in [-0.2, -0.15) is 5.26 Å². The number of ether oxygens (including phenoxy) is 1. The van der Waals surface area contributed by atoms with Crippen molar-refractivity contribution in [1.82, 2.24) is 30.6 Å². The molecule has 3 fully saturated rings. The van der Waals surface area contributed by atoms with Gasteiger partial charge in [0.1, 0.15) is 29.9 Å². The molecule has 2 saturated heterocycles. The smallest absolute Gasteiger partial charge is 0.251 e. The fourth-order valence-electron chi connectivity index (χ4n) is 11.0. The summed E-state index contributed by atoms with van der Waals surface area (Å²) >= 11 is 7.86. The van der Waals surface area contributed by atoms with E-state index in [2.05, 4.69) is 64.3 Å². The van der Waals surface area contributed by atoms with Crippen molar-refractivity contribution in [3.63, 3.8) is 0 Å². The summed E-state index contributed by atoms with van der Waals surface area (Å²) in [5.74, 6) is 0.226. The first-order valence-corrected chi connectivity index (χ1v) is 25.6. The van der Waals surface area contributed by atoms with Crippen LogP contribution in [0.4, 0.5) is 5.82 Å². The molecule has 0 spiro atoms. The van der Waals surface area contributed by atoms with Crippen LogP contribution in [0.1, 0.15) is 112 Å². The molecule has 3 amide bonds. The largest absolute Gasteiger partial charge is 0.489 e. The lowest BCUT2D eigenvalue weighted by Gasteiger charge is -2.63. The molecule has 16 heteroatoms. The number of hydrogen-bond donors (Lipinski definition) is 3. The zero-order valence-corrected chi connectivity index (χ0v) is 42.9. The van der Waals surface area contributed by atoms with E-state index >= 15 is 0 Å². The van der Waals surface area contributed by atoms with Gasteiger partial charge in [-0.25, -0.2) is 4.98 Å². The molecule has 4 heterocycles. The SMILES string of the molecule is Cc1ncsc1-c1ccc([C@H](C)NC(=O)[C@@H]2C[C@@H](O)CN2C(=O)[C@@H](c2cc(N3CCN(CCCc4ccc(C(=O)NC5C(C)(C)C(Oc6ccc(C#N)c(Cl)c6)C5(C)C)cc4)CC3)no2)C(C)C)cc1. The lowest BCUT2D eigenvalue weighted by Crippen LogP contribution is -2.74. The topological polar surface area (TPSA) is 177 Å². The van der Waals surface area contributed by atoms with E-state index in [1.807, 2.05) is 87.8 Å². The molecule has 1 saturated carbocycles. The van der Waals surface area contributed by atoms with Crippen molar-refractivity contribution in [2.24, 2.45) is 16.7 Å². The maximum absolute atomic E-state index is 14.3. The summed E-state index contributed by atoms with van der Waals surface area (Å²) in [7, 11) is 0. The number of nitrogens with zero attached hydrogens (tertiary/aromatic N) is 6. The Morgan fingerprint density at radius 2 is 1.69 bits per heavy atom. The second-order valence-corrected chi connectivity index (χ2v) is 22.0. The number of piperazine rings is 1. The number of nitrogens with one attached hydrogen (secondary N) is 2. The van der Waals surface area contributed by atoms with Crippen LogP contribution in [0, 0.1) is 35.0 Å². The van der Waals surface area contributed by atoms with E-state index in [1.165, 1.54) is 10.5 Å². The first kappa shape index (κ1) is 50.6. The van der Waals surface area contributed by atoms with Crippen molar-refractivity contribution in [3.05, 3.63) is 117 Å². The van der Waals surface area contributed by atoms with Crippen LogP contribution in [-0.2, 0) is 16.0 Å². The number of aliphatic hydroxyl groups excluding tert-OH is 1. The molecule has 5 aromatic rings. The molecule has 1 aliphatic carbocycles. The van der Waals surface area contributed by atoms with Gasteiger partial charge in [0.25, 0.3) is 5.91 Å². The number of thiazole rings is 1. The molecular weight excluding hydrogens is 924 g/mol. The Hall–Kier alpha value is -5.79. The molecule has 370 valence electrons. The molecule has 3 N–H and O–H groups in total. The van der Waals surface area contributed by atoms with Gasteiger partial charge in [-0.1, -0.05) is 94.7 Å². The van der Waals surface area contributed by atoms with Gasteiger partial charge in [-0.3, -0.25) is 19.3 Å². The average molecular weight is 990 g/mol. The lowest BCUT2D eigenvalue weighted by molar-refractivity contribution is -0.164. The second kappa shape index (κ2) is 20.9. The first-order valence-electron chi connectivity index (χ1n) is 24.3. The highest BCUT2D eigenvalue weighted by Crippen LogP contribution is 2.55. The van der Waals surface area contributed by atoms with Crippen molar-refractivity contribution in [2.75, 3.05) is 44.2 Å². The average Bonchev–Trinajstić information content (AvgIpc) is 4.10. The van der Waals surface area contributed by atoms with Gasteiger partial charge >= 0.3 is 0 Å². The number of amides is 3. The number of halogens is 1. The highest BCUT2D eigenvalue weighted by atomic mass is 35.5. The van der Waals surface area contributed by atoms with Crippen molar-refractivity contribution in [1.29, 1.82) is 5.26 Å². The van der Waals surface area contributed by atoms with E-state index < -0.39 is 18.1 Å². The van der Waals surface area contributed by atoms with E-state index in [1.54, 1.807) is 29.5 Å². The fraction of sp³-hybridized carbons (Fsp3) is 0.481. The number of β-amino-alcohol motifs (C(OH)–C–C–N with tert-alkyl or cyclic N) is 1. The standard InChI is InChI=1S/C54H65ClN8O6S/c1-32(2)46(50(67)63-30-40(64)26-43(63)49(66)58-33(3)36-15-17-37(18-16-36)47-34(4)57-31-70-47)44-28-45(60-69-44)62-24-22-61(23-25-62)21-9-10-35-11-13-38(14-12-35)48(65)59-51-53(5,6)52(54(51,7)8)68-41-20-19-39(29-56)42(55)27-41/h11-20,27-28,31-33,40,43,46,51-52,64H,9-10,21-26,30H2,1-8H3,(H,58,66)(H,59,65)/t33-,40+,43-,46+,51?,52?/m0/s1. The zero-order chi connectivity index (χ0) is 50.1. The monoisotopic (exact) mass is 988 g/mol. The number of aliphatic hydroxyl groups is 1. The predicted molar refractivity (Wildman–Crippen MR) is 272 cm³/mol. The van der Waals surface area contributed by atoms with Gasteiger partial charge in [0.05, 0.1) is 38.8 Å². The minimum Gasteiger partial charge on any atom is -0.489 e. The number of benzene rings is 3. The summed E-state index contributed by atoms with van der Waals surface area (Å²) in [6, 6.07) is 23.7. The number of carbonyl (C=O) groups is 3. The number of aryl methyl sites for hydroxylation is 2. The van der Waals surface area contributed by atoms with Crippen molar-refractivity contribution < 1.29 is 28.8 Å². The Bertz CT molecular complexity index is 2690. The molecule has 14 nitrogen and oxygen atoms in total. The minimum absolute atomic E-state index is 0.0682. The van der Waals surface area contributed by atoms with Gasteiger partial charge in [0.2, 0.25) is 11.8 Å². The Morgan fingerprint density at radius 3 is 2.31 bits per heavy atom. The van der Waals surface area contributed by atoms with Crippen LogP contribution in [0.15, 0.2) is 82.8 Å². The number of carbonyl (C=O) groups excluding carboxylic acids is 3. The summed E-state index contributed by atoms with van der Waals surface area (Å²) in [5, 5.41) is 31.1. The summed E-state index contributed by atoms with van der Waals surface area (Å²) in [4.78, 5) is 53.2. The lowest BCUT2D eigenvalue weighted by atomic mass is 9.49. The summed E-state index contributed by atoms with van der Waals surface area (Å²) in [6.07, 6.45) is 1.02. The predicted octanol–water partition coefficient (Wildman–Crippen LogP) is 8.58. The molecule has 70 heavy (non-hydrogen) atoms. The van der Waals surface area contributed by atoms with E-state index in [0.717, 1.165) is 67.3 Å². The fourth-order valence-corrected chi connectivity index (χ4v) is 12.1. The third-order valence-electron chi connectivity index (χ3n) is 14.7. The summed E-state index contributed by atoms with van der Waals surface area (Å²) < 4.78 is 12.3. The van der Waals surface area contributed by atoms with E-state index in [-0.39, 0.29) is 65.6 Å². The van der Waals surface area contributed by atoms with Crippen LogP contribution in [0.25, 0.3) is 10.4 Å². The van der Waals surface area contributed by atoms with Gasteiger partial charge in [-0.15, -0.1) is 11.3 Å². The first-order chi connectivity index (χ1) is 33.3. The number of nitriles is 1. The van der Waals surface area contributed by atoms with Crippen LogP contribution in [-0.4, -0.2) is 106 Å². The second-order valence-electron chi connectivity index (χ2n) is 20.8. The highest BCUT2D eigenvalue weighted by molar-refractivity contribution is 7.13. The molecular formula is C54H65ClN8O6S. The summed E-state index contributed by atoms with van der Waals surface area (Å²) in [5.41, 5.74) is 6.29. The van der Waals surface area contributed by atoms with Gasteiger partial charge in [-0.05, 0) is 80.1 Å². The Kier molecular flexibility index (Phi) is 15.1. The maximum Gasteiger partial charge on any atom is 0.251 e. The number of likely N-dealkylation sites (tertiary alicyclic amines) is 1. The molecule has 0 unspecified atom stereocenters. The third kappa shape index (κ3) is 10.6. The maximum atomic E-state index is 14.3. The highest BCUT2D eigenvalue weighted by Gasteiger charge is 2.64. The van der Waals surface area contributed by atoms with E-state index in [0.29, 0.717) is 33.5 Å². The molecule has 3 aromatic carbocycles. The van der Waals surface area contributed by atoms with E-state index in [9.17, 15) is 24.8 Å². The van der Waals surface area contributed by atoms with Crippen LogP contribution >= 0.6 is 22.9 Å². The Balaban J connectivity index is 0.788. The van der Waals surface area contributed by atoms with Gasteiger partial charge in [0, 0.05) is 73.7 Å². The third-order valence-corrected chi connectivity index (χ3v) is 16.0. The Labute approximate surface area is 420 Å². The minimum atomic E-state index is -0.815. The van der Waals surface area contributed by atoms with Crippen molar-refractivity contribution >= 4 is 46.5 Å². The van der Waals surface area contributed by atoms with Crippen molar-refractivity contribution in [3.8, 4) is 22.3 Å². The van der Waals surface area contributed by atoms with Gasteiger partial charge < -0.3 is 34.8 Å². The zero-order valence-electron chi connectivity index (χ0n) is 41.4.